The zero-order valence-electron chi connectivity index (χ0n) is 23.0. The molecular formula is C30H41N3O5. The highest BCUT2D eigenvalue weighted by atomic mass is 16.5. The van der Waals surface area contributed by atoms with Gasteiger partial charge in [-0.15, -0.1) is 0 Å². The van der Waals surface area contributed by atoms with Crippen LogP contribution in [0.1, 0.15) is 63.5 Å². The molecule has 1 aromatic carbocycles. The lowest BCUT2D eigenvalue weighted by molar-refractivity contribution is -0.141. The Labute approximate surface area is 225 Å². The molecular weight excluding hydrogens is 482 g/mol. The number of likely N-dealkylation sites (tertiary alicyclic amines) is 1. The molecule has 4 aliphatic rings. The van der Waals surface area contributed by atoms with Crippen LogP contribution < -0.4 is 10.6 Å². The second kappa shape index (κ2) is 10.8. The number of nitrogens with zero attached hydrogens (tertiary/aromatic N) is 1. The first-order chi connectivity index (χ1) is 18.2. The smallest absolute Gasteiger partial charge is 0.246 e. The molecule has 1 spiro atoms. The van der Waals surface area contributed by atoms with Gasteiger partial charge in [-0.05, 0) is 70.2 Å². The summed E-state index contributed by atoms with van der Waals surface area (Å²) >= 11 is 0. The van der Waals surface area contributed by atoms with E-state index in [1.807, 2.05) is 58.0 Å². The van der Waals surface area contributed by atoms with Crippen LogP contribution in [0.3, 0.4) is 0 Å². The van der Waals surface area contributed by atoms with E-state index in [0.717, 1.165) is 36.8 Å². The standard InChI is InChI=1S/C30H41N3O5/c1-18(2)37-16-8-15-33-26(28(35)31-21-9-6-5-7-10-21)30-14-13-23(38-30)24(25(30)29(33)36)27(34)32-22-12-11-19(3)20(4)17-22/h11-14,17-18,21,23-26H,5-10,15-16H2,1-4H3,(H,31,35)(H,32,34)/t23-,24-,25-,26+,30-/m1/s1. The minimum Gasteiger partial charge on any atom is -0.379 e. The third-order valence-electron chi connectivity index (χ3n) is 8.65. The maximum atomic E-state index is 14.0. The maximum absolute atomic E-state index is 14.0. The third-order valence-corrected chi connectivity index (χ3v) is 8.65. The minimum absolute atomic E-state index is 0.0907. The molecule has 0 radical (unpaired) electrons. The molecule has 1 saturated carbocycles. The monoisotopic (exact) mass is 523 g/mol. The molecule has 38 heavy (non-hydrogen) atoms. The minimum atomic E-state index is -1.13. The van der Waals surface area contributed by atoms with E-state index in [-0.39, 0.29) is 29.9 Å². The van der Waals surface area contributed by atoms with Crippen molar-refractivity contribution in [1.29, 1.82) is 0 Å². The number of hydrogen-bond donors (Lipinski definition) is 2. The van der Waals surface area contributed by atoms with Gasteiger partial charge in [0.1, 0.15) is 11.6 Å². The number of amides is 3. The van der Waals surface area contributed by atoms with E-state index in [9.17, 15) is 14.4 Å². The fraction of sp³-hybridized carbons (Fsp3) is 0.633. The topological polar surface area (TPSA) is 97.0 Å². The van der Waals surface area contributed by atoms with Gasteiger partial charge in [0.05, 0.1) is 24.0 Å². The van der Waals surface area contributed by atoms with Gasteiger partial charge >= 0.3 is 0 Å². The number of ether oxygens (including phenoxy) is 2. The summed E-state index contributed by atoms with van der Waals surface area (Å²) in [6.07, 6.45) is 9.17. The molecule has 3 amide bonds. The number of hydrogen-bond acceptors (Lipinski definition) is 5. The van der Waals surface area contributed by atoms with Gasteiger partial charge < -0.3 is 25.0 Å². The highest BCUT2D eigenvalue weighted by Crippen LogP contribution is 2.55. The van der Waals surface area contributed by atoms with Crippen molar-refractivity contribution in [2.45, 2.75) is 96.1 Å². The Balaban J connectivity index is 1.39. The third kappa shape index (κ3) is 4.89. The zero-order chi connectivity index (χ0) is 27.0. The van der Waals surface area contributed by atoms with Crippen molar-refractivity contribution < 1.29 is 23.9 Å². The number of benzene rings is 1. The van der Waals surface area contributed by atoms with E-state index in [1.165, 1.54) is 6.42 Å². The molecule has 2 bridgehead atoms. The molecule has 0 unspecified atom stereocenters. The Morgan fingerprint density at radius 2 is 1.89 bits per heavy atom. The molecule has 0 aromatic heterocycles. The van der Waals surface area contributed by atoms with E-state index in [2.05, 4.69) is 10.6 Å². The Hall–Kier alpha value is -2.71. The summed E-state index contributed by atoms with van der Waals surface area (Å²) in [5, 5.41) is 6.24. The molecule has 206 valence electrons. The van der Waals surface area contributed by atoms with E-state index in [1.54, 1.807) is 4.90 Å². The quantitative estimate of drug-likeness (QED) is 0.380. The lowest BCUT2D eigenvalue weighted by Gasteiger charge is -2.34. The van der Waals surface area contributed by atoms with Crippen molar-refractivity contribution in [3.8, 4) is 0 Å². The van der Waals surface area contributed by atoms with Crippen LogP contribution in [0.5, 0.6) is 0 Å². The van der Waals surface area contributed by atoms with Gasteiger partial charge in [-0.3, -0.25) is 14.4 Å². The average Bonchev–Trinajstić information content (AvgIpc) is 3.52. The molecule has 8 heteroatoms. The average molecular weight is 524 g/mol. The van der Waals surface area contributed by atoms with Crippen molar-refractivity contribution in [1.82, 2.24) is 10.2 Å². The molecule has 1 aliphatic carbocycles. The van der Waals surface area contributed by atoms with Gasteiger partial charge in [-0.25, -0.2) is 0 Å². The number of nitrogens with one attached hydrogen (secondary N) is 2. The van der Waals surface area contributed by atoms with Gasteiger partial charge in [0.2, 0.25) is 17.7 Å². The SMILES string of the molecule is Cc1ccc(NC(=O)[C@@H]2[C@H]3C=C[C@]4(O3)[C@H](C(=O)NC3CCCCC3)N(CCCOC(C)C)C(=O)[C@@H]24)cc1C. The van der Waals surface area contributed by atoms with Crippen molar-refractivity contribution in [2.24, 2.45) is 11.8 Å². The molecule has 1 aromatic rings. The van der Waals surface area contributed by atoms with Crippen LogP contribution in [0.4, 0.5) is 5.69 Å². The molecule has 8 nitrogen and oxygen atoms in total. The van der Waals surface area contributed by atoms with E-state index in [0.29, 0.717) is 25.3 Å². The van der Waals surface area contributed by atoms with Crippen LogP contribution in [0.15, 0.2) is 30.4 Å². The van der Waals surface area contributed by atoms with Crippen LogP contribution in [-0.2, 0) is 23.9 Å². The van der Waals surface area contributed by atoms with E-state index in [4.69, 9.17) is 9.47 Å². The summed E-state index contributed by atoms with van der Waals surface area (Å²) in [5.74, 6) is -2.06. The number of carbonyl (C=O) groups excluding carboxylic acids is 3. The molecule has 2 saturated heterocycles. The van der Waals surface area contributed by atoms with Crippen LogP contribution in [0.2, 0.25) is 0 Å². The lowest BCUT2D eigenvalue weighted by Crippen LogP contribution is -2.56. The summed E-state index contributed by atoms with van der Waals surface area (Å²) in [4.78, 5) is 43.1. The first-order valence-corrected chi connectivity index (χ1v) is 14.2. The van der Waals surface area contributed by atoms with Gasteiger partial charge in [0.25, 0.3) is 0 Å². The molecule has 5 rings (SSSR count). The predicted molar refractivity (Wildman–Crippen MR) is 144 cm³/mol. The number of anilines is 1. The van der Waals surface area contributed by atoms with Crippen LogP contribution in [0, 0.1) is 25.7 Å². The fourth-order valence-corrected chi connectivity index (χ4v) is 6.63. The summed E-state index contributed by atoms with van der Waals surface area (Å²) in [6.45, 7) is 8.84. The lowest BCUT2D eigenvalue weighted by atomic mass is 9.74. The first kappa shape index (κ1) is 26.9. The van der Waals surface area contributed by atoms with Crippen LogP contribution in [0.25, 0.3) is 0 Å². The Morgan fingerprint density at radius 3 is 2.61 bits per heavy atom. The predicted octanol–water partition coefficient (Wildman–Crippen LogP) is 3.66. The van der Waals surface area contributed by atoms with E-state index >= 15 is 0 Å². The van der Waals surface area contributed by atoms with Crippen molar-refractivity contribution in [3.63, 3.8) is 0 Å². The maximum Gasteiger partial charge on any atom is 0.246 e. The largest absolute Gasteiger partial charge is 0.379 e. The molecule has 3 fully saturated rings. The summed E-state index contributed by atoms with van der Waals surface area (Å²) in [7, 11) is 0. The highest BCUT2D eigenvalue weighted by Gasteiger charge is 2.72. The van der Waals surface area contributed by atoms with Gasteiger partial charge in [-0.1, -0.05) is 37.5 Å². The highest BCUT2D eigenvalue weighted by molar-refractivity contribution is 6.02. The number of rotatable bonds is 9. The first-order valence-electron chi connectivity index (χ1n) is 14.2. The van der Waals surface area contributed by atoms with Gasteiger partial charge in [-0.2, -0.15) is 0 Å². The van der Waals surface area contributed by atoms with Gasteiger partial charge in [0.15, 0.2) is 0 Å². The Bertz CT molecular complexity index is 1110. The molecule has 3 heterocycles. The number of carbonyl (C=O) groups is 3. The number of aryl methyl sites for hydroxylation is 2. The Kier molecular flexibility index (Phi) is 7.65. The van der Waals surface area contributed by atoms with Gasteiger partial charge in [0, 0.05) is 24.9 Å². The molecule has 2 N–H and O–H groups in total. The summed E-state index contributed by atoms with van der Waals surface area (Å²) < 4.78 is 12.1. The second-order valence-electron chi connectivity index (χ2n) is 11.6. The zero-order valence-corrected chi connectivity index (χ0v) is 23.0. The second-order valence-corrected chi connectivity index (χ2v) is 11.6. The fourth-order valence-electron chi connectivity index (χ4n) is 6.63. The van der Waals surface area contributed by atoms with E-state index < -0.39 is 29.6 Å². The normalized spacial score (nSPS) is 30.2. The Morgan fingerprint density at radius 1 is 1.13 bits per heavy atom. The summed E-state index contributed by atoms with van der Waals surface area (Å²) in [5.41, 5.74) is 1.78. The van der Waals surface area contributed by atoms with Crippen LogP contribution >= 0.6 is 0 Å². The van der Waals surface area contributed by atoms with Crippen LogP contribution in [-0.4, -0.2) is 65.7 Å². The van der Waals surface area contributed by atoms with Crippen molar-refractivity contribution >= 4 is 23.4 Å². The number of fused-ring (bicyclic) bond motifs is 1. The molecule has 5 atom stereocenters. The van der Waals surface area contributed by atoms with Crippen molar-refractivity contribution in [3.05, 3.63) is 41.5 Å². The summed E-state index contributed by atoms with van der Waals surface area (Å²) in [6, 6.07) is 5.08. The molecule has 3 aliphatic heterocycles. The van der Waals surface area contributed by atoms with Crippen molar-refractivity contribution in [2.75, 3.05) is 18.5 Å².